The van der Waals surface area contributed by atoms with Crippen LogP contribution in [-0.2, 0) is 4.79 Å². The van der Waals surface area contributed by atoms with Gasteiger partial charge in [-0.2, -0.15) is 0 Å². The Labute approximate surface area is 155 Å². The third kappa shape index (κ3) is 2.27. The van der Waals surface area contributed by atoms with E-state index < -0.39 is 29.5 Å². The van der Waals surface area contributed by atoms with Crippen molar-refractivity contribution in [2.75, 3.05) is 6.61 Å². The van der Waals surface area contributed by atoms with Gasteiger partial charge in [0, 0.05) is 5.41 Å². The Morgan fingerprint density at radius 3 is 2.50 bits per heavy atom. The van der Waals surface area contributed by atoms with Crippen LogP contribution in [0.3, 0.4) is 0 Å². The molecule has 0 saturated heterocycles. The number of carbonyl (C=O) groups is 1. The topological polar surface area (TPSA) is 98.0 Å². The molecule has 0 aromatic heterocycles. The van der Waals surface area contributed by atoms with Crippen molar-refractivity contribution >= 4 is 5.78 Å². The van der Waals surface area contributed by atoms with Crippen LogP contribution in [0.15, 0.2) is 0 Å². The Hall–Kier alpha value is -0.490. The summed E-state index contributed by atoms with van der Waals surface area (Å²) >= 11 is 0. The molecule has 4 fully saturated rings. The molecule has 4 rings (SSSR count). The van der Waals surface area contributed by atoms with E-state index >= 15 is 0 Å². The van der Waals surface area contributed by atoms with Crippen molar-refractivity contribution in [2.45, 2.75) is 83.0 Å². The quantitative estimate of drug-likeness (QED) is 0.596. The lowest BCUT2D eigenvalue weighted by Gasteiger charge is -2.62. The van der Waals surface area contributed by atoms with Gasteiger partial charge in [-0.05, 0) is 80.5 Å². The summed E-state index contributed by atoms with van der Waals surface area (Å²) < 4.78 is 0. The number of carbonyl (C=O) groups excluding carboxylic acids is 1. The van der Waals surface area contributed by atoms with Gasteiger partial charge in [0.05, 0.1) is 12.2 Å². The van der Waals surface area contributed by atoms with Crippen LogP contribution >= 0.6 is 0 Å². The van der Waals surface area contributed by atoms with Crippen molar-refractivity contribution in [3.63, 3.8) is 0 Å². The fourth-order valence-electron chi connectivity index (χ4n) is 7.95. The molecule has 0 spiro atoms. The fraction of sp³-hybridized carbons (Fsp3) is 0.952. The first-order valence-electron chi connectivity index (χ1n) is 10.4. The number of aliphatic hydroxyl groups is 4. The van der Waals surface area contributed by atoms with Crippen LogP contribution in [0.25, 0.3) is 0 Å². The van der Waals surface area contributed by atoms with Gasteiger partial charge >= 0.3 is 0 Å². The molecule has 0 heterocycles. The number of Topliss-reactive ketones (excluding diaryl/α,β-unsaturated/α-hetero) is 1. The van der Waals surface area contributed by atoms with E-state index in [-0.39, 0.29) is 23.4 Å². The van der Waals surface area contributed by atoms with Gasteiger partial charge in [-0.3, -0.25) is 4.79 Å². The second-order valence-electron chi connectivity index (χ2n) is 10.2. The molecule has 0 bridgehead atoms. The maximum Gasteiger partial charge on any atom is 0.190 e. The number of aliphatic hydroxyl groups excluding tert-OH is 3. The molecule has 26 heavy (non-hydrogen) atoms. The molecule has 4 aliphatic rings. The first-order valence-corrected chi connectivity index (χ1v) is 10.4. The first-order chi connectivity index (χ1) is 12.2. The lowest BCUT2D eigenvalue weighted by atomic mass is 9.43. The highest BCUT2D eigenvalue weighted by molar-refractivity contribution is 5.89. The summed E-state index contributed by atoms with van der Waals surface area (Å²) in [7, 11) is 0. The number of rotatable bonds is 2. The second-order valence-corrected chi connectivity index (χ2v) is 10.2. The van der Waals surface area contributed by atoms with Crippen LogP contribution in [0.2, 0.25) is 0 Å². The van der Waals surface area contributed by atoms with E-state index in [9.17, 15) is 25.2 Å². The van der Waals surface area contributed by atoms with Gasteiger partial charge in [0.2, 0.25) is 0 Å². The molecule has 0 aromatic carbocycles. The van der Waals surface area contributed by atoms with Crippen LogP contribution < -0.4 is 0 Å². The van der Waals surface area contributed by atoms with Crippen LogP contribution in [0.4, 0.5) is 0 Å². The van der Waals surface area contributed by atoms with Crippen molar-refractivity contribution in [1.82, 2.24) is 0 Å². The summed E-state index contributed by atoms with van der Waals surface area (Å²) in [4.78, 5) is 12.4. The molecule has 5 heteroatoms. The Morgan fingerprint density at radius 1 is 1.08 bits per heavy atom. The molecule has 0 aromatic rings. The normalized spacial score (nSPS) is 56.4. The third-order valence-electron chi connectivity index (χ3n) is 9.33. The van der Waals surface area contributed by atoms with Gasteiger partial charge in [0.25, 0.3) is 0 Å². The largest absolute Gasteiger partial charge is 0.393 e. The SMILES string of the molecule is C[C@]12C[C@H](O)C3C(CC[C@@H]4C[C@H](O)CC[C@]34C)C1CC[C@]2(O)C(=O)CO. The van der Waals surface area contributed by atoms with E-state index in [0.717, 1.165) is 38.5 Å². The average Bonchev–Trinajstić information content (AvgIpc) is 2.86. The first kappa shape index (κ1) is 18.9. The molecule has 4 N–H and O–H groups in total. The predicted octanol–water partition coefficient (Wildman–Crippen LogP) is 1.65. The fourth-order valence-corrected chi connectivity index (χ4v) is 7.95. The van der Waals surface area contributed by atoms with Gasteiger partial charge in [-0.25, -0.2) is 0 Å². The number of ketones is 1. The average molecular weight is 366 g/mol. The maximum atomic E-state index is 12.4. The number of hydrogen-bond donors (Lipinski definition) is 4. The standard InChI is InChI=1S/C21H34O5/c1-19-7-5-13(23)9-12(19)3-4-14-15-6-8-21(26,17(25)11-22)20(15,2)10-16(24)18(14)19/h12-16,18,22-24,26H,3-11H2,1-2H3/t12-,13-,14?,15?,16+,18?,19+,20+,21+/m1/s1. The van der Waals surface area contributed by atoms with Gasteiger partial charge in [0.1, 0.15) is 12.2 Å². The van der Waals surface area contributed by atoms with Gasteiger partial charge in [-0.15, -0.1) is 0 Å². The van der Waals surface area contributed by atoms with Crippen molar-refractivity contribution in [3.05, 3.63) is 0 Å². The van der Waals surface area contributed by atoms with Crippen LogP contribution in [0, 0.1) is 34.5 Å². The zero-order valence-electron chi connectivity index (χ0n) is 16.0. The van der Waals surface area contributed by atoms with Gasteiger partial charge < -0.3 is 20.4 Å². The van der Waals surface area contributed by atoms with E-state index in [1.54, 1.807) is 0 Å². The maximum absolute atomic E-state index is 12.4. The third-order valence-corrected chi connectivity index (χ3v) is 9.33. The van der Waals surface area contributed by atoms with Gasteiger partial charge in [-0.1, -0.05) is 13.8 Å². The molecule has 5 nitrogen and oxygen atoms in total. The van der Waals surface area contributed by atoms with Crippen molar-refractivity contribution in [1.29, 1.82) is 0 Å². The highest BCUT2D eigenvalue weighted by atomic mass is 16.3. The van der Waals surface area contributed by atoms with E-state index in [4.69, 9.17) is 0 Å². The Bertz CT molecular complexity index is 593. The van der Waals surface area contributed by atoms with Crippen LogP contribution in [-0.4, -0.2) is 50.6 Å². The summed E-state index contributed by atoms with van der Waals surface area (Å²) in [5.74, 6) is 0.653. The van der Waals surface area contributed by atoms with E-state index in [2.05, 4.69) is 6.92 Å². The molecule has 3 unspecified atom stereocenters. The smallest absolute Gasteiger partial charge is 0.190 e. The summed E-state index contributed by atoms with van der Waals surface area (Å²) in [5, 5.41) is 41.9. The molecule has 4 aliphatic carbocycles. The summed E-state index contributed by atoms with van der Waals surface area (Å²) in [6, 6.07) is 0. The lowest BCUT2D eigenvalue weighted by molar-refractivity contribution is -0.202. The molecule has 0 aliphatic heterocycles. The zero-order valence-corrected chi connectivity index (χ0v) is 16.0. The van der Waals surface area contributed by atoms with Gasteiger partial charge in [0.15, 0.2) is 5.78 Å². The predicted molar refractivity (Wildman–Crippen MR) is 96.2 cm³/mol. The van der Waals surface area contributed by atoms with Crippen molar-refractivity contribution < 1.29 is 25.2 Å². The summed E-state index contributed by atoms with van der Waals surface area (Å²) in [5.41, 5.74) is -2.14. The van der Waals surface area contributed by atoms with Crippen LogP contribution in [0.1, 0.15) is 65.2 Å². The van der Waals surface area contributed by atoms with Crippen LogP contribution in [0.5, 0.6) is 0 Å². The van der Waals surface area contributed by atoms with Crippen molar-refractivity contribution in [2.24, 2.45) is 34.5 Å². The molecule has 148 valence electrons. The second kappa shape index (κ2) is 6.00. The van der Waals surface area contributed by atoms with E-state index in [1.807, 2.05) is 6.92 Å². The molecule has 0 radical (unpaired) electrons. The Kier molecular flexibility index (Phi) is 4.35. The highest BCUT2D eigenvalue weighted by Crippen LogP contribution is 2.68. The number of fused-ring (bicyclic) bond motifs is 5. The monoisotopic (exact) mass is 366 g/mol. The Morgan fingerprint density at radius 2 is 1.81 bits per heavy atom. The minimum atomic E-state index is -1.52. The Balaban J connectivity index is 1.69. The summed E-state index contributed by atoms with van der Waals surface area (Å²) in [6.45, 7) is 3.61. The molecule has 4 saturated carbocycles. The van der Waals surface area contributed by atoms with Crippen molar-refractivity contribution in [3.8, 4) is 0 Å². The summed E-state index contributed by atoms with van der Waals surface area (Å²) in [6.07, 6.45) is 5.48. The number of hydrogen-bond acceptors (Lipinski definition) is 5. The molecular weight excluding hydrogens is 332 g/mol. The lowest BCUT2D eigenvalue weighted by Crippen LogP contribution is -2.63. The molecule has 9 atom stereocenters. The zero-order chi connectivity index (χ0) is 18.9. The van der Waals surface area contributed by atoms with E-state index in [1.165, 1.54) is 0 Å². The molecule has 0 amide bonds. The highest BCUT2D eigenvalue weighted by Gasteiger charge is 2.68. The van der Waals surface area contributed by atoms with E-state index in [0.29, 0.717) is 24.7 Å². The minimum Gasteiger partial charge on any atom is -0.393 e. The minimum absolute atomic E-state index is 0.0323. The molecular formula is C21H34O5.